The zero-order chi connectivity index (χ0) is 18.2. The highest BCUT2D eigenvalue weighted by Crippen LogP contribution is 2.33. The lowest BCUT2D eigenvalue weighted by Gasteiger charge is -2.19. The summed E-state index contributed by atoms with van der Waals surface area (Å²) in [5.74, 6) is -0.859. The van der Waals surface area contributed by atoms with Crippen molar-refractivity contribution in [2.75, 3.05) is 5.75 Å². The van der Waals surface area contributed by atoms with Crippen LogP contribution in [0.1, 0.15) is 32.2 Å². The van der Waals surface area contributed by atoms with Crippen LogP contribution in [0.15, 0.2) is 41.4 Å². The lowest BCUT2D eigenvalue weighted by Crippen LogP contribution is -2.15. The molecule has 1 N–H and O–H groups in total. The molecule has 0 bridgehead atoms. The van der Waals surface area contributed by atoms with Gasteiger partial charge in [0.2, 0.25) is 0 Å². The number of aromatic nitrogens is 3. The Morgan fingerprint density at radius 3 is 2.52 bits per heavy atom. The highest BCUT2D eigenvalue weighted by molar-refractivity contribution is 7.99. The van der Waals surface area contributed by atoms with Crippen LogP contribution < -0.4 is 0 Å². The standard InChI is InChI=1S/C19H21N3O2S/c1-12-17(13-8-6-5-7-9-13)18-20-14(19(2,3)4)10-15(22(18)21-12)25-11-16(23)24/h5-10H,11H2,1-4H3,(H,23,24). The average molecular weight is 355 g/mol. The third kappa shape index (κ3) is 3.54. The fourth-order valence-electron chi connectivity index (χ4n) is 2.66. The van der Waals surface area contributed by atoms with Crippen LogP contribution in [0, 0.1) is 6.92 Å². The van der Waals surface area contributed by atoms with Crippen molar-refractivity contribution in [3.63, 3.8) is 0 Å². The van der Waals surface area contributed by atoms with Crippen molar-refractivity contribution < 1.29 is 9.90 Å². The van der Waals surface area contributed by atoms with E-state index in [2.05, 4.69) is 25.9 Å². The Morgan fingerprint density at radius 1 is 1.24 bits per heavy atom. The fraction of sp³-hybridized carbons (Fsp3) is 0.316. The van der Waals surface area contributed by atoms with Gasteiger partial charge in [-0.25, -0.2) is 9.50 Å². The van der Waals surface area contributed by atoms with Gasteiger partial charge in [0, 0.05) is 11.0 Å². The molecule has 0 aliphatic rings. The monoisotopic (exact) mass is 355 g/mol. The summed E-state index contributed by atoms with van der Waals surface area (Å²) in [7, 11) is 0. The first kappa shape index (κ1) is 17.5. The Hall–Kier alpha value is -2.34. The molecule has 130 valence electrons. The molecule has 0 fully saturated rings. The summed E-state index contributed by atoms with van der Waals surface area (Å²) in [5.41, 5.74) is 4.47. The molecule has 0 unspecified atom stereocenters. The van der Waals surface area contributed by atoms with Gasteiger partial charge in [-0.15, -0.1) is 0 Å². The summed E-state index contributed by atoms with van der Waals surface area (Å²) in [4.78, 5) is 15.9. The van der Waals surface area contributed by atoms with Gasteiger partial charge in [-0.1, -0.05) is 62.9 Å². The van der Waals surface area contributed by atoms with E-state index in [0.29, 0.717) is 0 Å². The molecule has 25 heavy (non-hydrogen) atoms. The quantitative estimate of drug-likeness (QED) is 0.562. The smallest absolute Gasteiger partial charge is 0.313 e. The number of carboxylic acids is 1. The minimum atomic E-state index is -0.848. The topological polar surface area (TPSA) is 67.5 Å². The second kappa shape index (κ2) is 6.52. The van der Waals surface area contributed by atoms with E-state index in [1.807, 2.05) is 43.3 Å². The van der Waals surface area contributed by atoms with E-state index in [1.54, 1.807) is 4.52 Å². The third-order valence-corrected chi connectivity index (χ3v) is 4.88. The van der Waals surface area contributed by atoms with Crippen LogP contribution in [0.25, 0.3) is 16.8 Å². The van der Waals surface area contributed by atoms with Gasteiger partial charge in [0.05, 0.1) is 17.1 Å². The highest BCUT2D eigenvalue weighted by atomic mass is 32.2. The normalized spacial score (nSPS) is 11.8. The number of fused-ring (bicyclic) bond motifs is 1. The van der Waals surface area contributed by atoms with Crippen molar-refractivity contribution in [3.05, 3.63) is 47.8 Å². The van der Waals surface area contributed by atoms with E-state index >= 15 is 0 Å². The molecule has 0 saturated heterocycles. The van der Waals surface area contributed by atoms with Crippen molar-refractivity contribution in [1.29, 1.82) is 0 Å². The van der Waals surface area contributed by atoms with Crippen LogP contribution in [0.4, 0.5) is 0 Å². The summed E-state index contributed by atoms with van der Waals surface area (Å²) in [5, 5.41) is 14.5. The molecule has 0 amide bonds. The highest BCUT2D eigenvalue weighted by Gasteiger charge is 2.22. The minimum Gasteiger partial charge on any atom is -0.481 e. The van der Waals surface area contributed by atoms with Crippen LogP contribution in [0.3, 0.4) is 0 Å². The van der Waals surface area contributed by atoms with Gasteiger partial charge >= 0.3 is 5.97 Å². The largest absolute Gasteiger partial charge is 0.481 e. The van der Waals surface area contributed by atoms with E-state index in [-0.39, 0.29) is 11.2 Å². The Bertz CT molecular complexity index is 927. The molecule has 0 saturated carbocycles. The van der Waals surface area contributed by atoms with E-state index in [9.17, 15) is 4.79 Å². The molecule has 0 radical (unpaired) electrons. The summed E-state index contributed by atoms with van der Waals surface area (Å²) in [6.07, 6.45) is 0. The number of carbonyl (C=O) groups is 1. The zero-order valence-electron chi connectivity index (χ0n) is 14.8. The Labute approximate surface area is 151 Å². The maximum Gasteiger partial charge on any atom is 0.313 e. The molecule has 0 aliphatic heterocycles. The van der Waals surface area contributed by atoms with Gasteiger partial charge < -0.3 is 5.11 Å². The van der Waals surface area contributed by atoms with Gasteiger partial charge in [-0.05, 0) is 18.6 Å². The first-order valence-corrected chi connectivity index (χ1v) is 9.07. The predicted molar refractivity (Wildman–Crippen MR) is 100 cm³/mol. The number of hydrogen-bond donors (Lipinski definition) is 1. The lowest BCUT2D eigenvalue weighted by atomic mass is 9.92. The zero-order valence-corrected chi connectivity index (χ0v) is 15.6. The van der Waals surface area contributed by atoms with Crippen molar-refractivity contribution in [2.45, 2.75) is 38.1 Å². The summed E-state index contributed by atoms with van der Waals surface area (Å²) < 4.78 is 1.76. The molecule has 6 heteroatoms. The first-order valence-electron chi connectivity index (χ1n) is 8.08. The molecule has 2 aromatic heterocycles. The summed E-state index contributed by atoms with van der Waals surface area (Å²) in [6.45, 7) is 8.26. The molecule has 0 atom stereocenters. The number of thioether (sulfide) groups is 1. The Balaban J connectivity index is 2.27. The second-order valence-electron chi connectivity index (χ2n) is 6.97. The van der Waals surface area contributed by atoms with Gasteiger partial charge in [0.25, 0.3) is 0 Å². The summed E-state index contributed by atoms with van der Waals surface area (Å²) >= 11 is 1.27. The van der Waals surface area contributed by atoms with Crippen molar-refractivity contribution >= 4 is 23.4 Å². The van der Waals surface area contributed by atoms with Crippen LogP contribution in [-0.2, 0) is 10.2 Å². The molecule has 0 aliphatic carbocycles. The van der Waals surface area contributed by atoms with Crippen LogP contribution >= 0.6 is 11.8 Å². The molecule has 3 rings (SSSR count). The minimum absolute atomic E-state index is 0.0116. The van der Waals surface area contributed by atoms with E-state index < -0.39 is 5.97 Å². The second-order valence-corrected chi connectivity index (χ2v) is 7.97. The number of nitrogens with zero attached hydrogens (tertiary/aromatic N) is 3. The Morgan fingerprint density at radius 2 is 1.92 bits per heavy atom. The van der Waals surface area contributed by atoms with Gasteiger partial charge in [0.15, 0.2) is 5.65 Å². The van der Waals surface area contributed by atoms with Crippen LogP contribution in [0.5, 0.6) is 0 Å². The number of carboxylic acid groups (broad SMARTS) is 1. The molecule has 3 aromatic rings. The predicted octanol–water partition coefficient (Wildman–Crippen LogP) is 4.18. The molecule has 5 nitrogen and oxygen atoms in total. The van der Waals surface area contributed by atoms with Crippen LogP contribution in [0.2, 0.25) is 0 Å². The maximum atomic E-state index is 11.0. The average Bonchev–Trinajstić information content (AvgIpc) is 2.88. The molecular weight excluding hydrogens is 334 g/mol. The lowest BCUT2D eigenvalue weighted by molar-refractivity contribution is -0.133. The van der Waals surface area contributed by atoms with E-state index in [4.69, 9.17) is 10.1 Å². The SMILES string of the molecule is Cc1nn2c(SCC(=O)O)cc(C(C)(C)C)nc2c1-c1ccccc1. The van der Waals surface area contributed by atoms with Gasteiger partial charge in [0.1, 0.15) is 5.03 Å². The molecule has 0 spiro atoms. The first-order chi connectivity index (χ1) is 11.8. The van der Waals surface area contributed by atoms with Crippen molar-refractivity contribution in [1.82, 2.24) is 14.6 Å². The number of benzene rings is 1. The maximum absolute atomic E-state index is 11.0. The number of aliphatic carboxylic acids is 1. The third-order valence-electron chi connectivity index (χ3n) is 3.91. The van der Waals surface area contributed by atoms with Crippen molar-refractivity contribution in [2.24, 2.45) is 0 Å². The fourth-order valence-corrected chi connectivity index (χ4v) is 3.38. The van der Waals surface area contributed by atoms with Crippen LogP contribution in [-0.4, -0.2) is 31.4 Å². The van der Waals surface area contributed by atoms with Gasteiger partial charge in [-0.3, -0.25) is 4.79 Å². The molecule has 2 heterocycles. The molecule has 1 aromatic carbocycles. The number of aryl methyl sites for hydroxylation is 1. The summed E-state index contributed by atoms with van der Waals surface area (Å²) in [6, 6.07) is 12.0. The Kier molecular flexibility index (Phi) is 4.56. The molecular formula is C19H21N3O2S. The number of rotatable bonds is 4. The van der Waals surface area contributed by atoms with Crippen molar-refractivity contribution in [3.8, 4) is 11.1 Å². The van der Waals surface area contributed by atoms with E-state index in [1.165, 1.54) is 11.8 Å². The number of hydrogen-bond acceptors (Lipinski definition) is 4. The van der Waals surface area contributed by atoms with E-state index in [0.717, 1.165) is 33.2 Å². The van der Waals surface area contributed by atoms with Gasteiger partial charge in [-0.2, -0.15) is 5.10 Å².